The van der Waals surface area contributed by atoms with E-state index in [4.69, 9.17) is 4.74 Å². The van der Waals surface area contributed by atoms with E-state index >= 15 is 0 Å². The standard InChI is InChI=1S/C11H22F2N2O.ClH/c1-15(7-8-16-9-11(12)13)10-3-2-5-14-6-4-10;/h10-11,14H,2-9H2,1H3;1H. The monoisotopic (exact) mass is 272 g/mol. The molecule has 0 aromatic heterocycles. The second-order valence-corrected chi connectivity index (χ2v) is 4.28. The molecule has 0 amide bonds. The van der Waals surface area contributed by atoms with E-state index in [9.17, 15) is 8.78 Å². The van der Waals surface area contributed by atoms with E-state index in [2.05, 4.69) is 10.2 Å². The van der Waals surface area contributed by atoms with Gasteiger partial charge >= 0.3 is 0 Å². The molecule has 1 aliphatic rings. The van der Waals surface area contributed by atoms with Crippen molar-refractivity contribution in [2.24, 2.45) is 0 Å². The van der Waals surface area contributed by atoms with Crippen molar-refractivity contribution in [3.63, 3.8) is 0 Å². The molecule has 1 N–H and O–H groups in total. The highest BCUT2D eigenvalue weighted by atomic mass is 35.5. The molecule has 0 bridgehead atoms. The summed E-state index contributed by atoms with van der Waals surface area (Å²) in [5.41, 5.74) is 0. The number of hydrogen-bond acceptors (Lipinski definition) is 3. The van der Waals surface area contributed by atoms with Crippen LogP contribution in [0.3, 0.4) is 0 Å². The first-order valence-electron chi connectivity index (χ1n) is 5.97. The summed E-state index contributed by atoms with van der Waals surface area (Å²) >= 11 is 0. The van der Waals surface area contributed by atoms with Gasteiger partial charge in [-0.2, -0.15) is 0 Å². The van der Waals surface area contributed by atoms with Crippen molar-refractivity contribution in [1.82, 2.24) is 10.2 Å². The Hall–Kier alpha value is 0.0300. The third kappa shape index (κ3) is 7.86. The topological polar surface area (TPSA) is 24.5 Å². The summed E-state index contributed by atoms with van der Waals surface area (Å²) in [7, 11) is 2.04. The highest BCUT2D eigenvalue weighted by Crippen LogP contribution is 2.11. The zero-order valence-electron chi connectivity index (χ0n) is 10.3. The fraction of sp³-hybridized carbons (Fsp3) is 1.00. The Morgan fingerprint density at radius 1 is 1.35 bits per heavy atom. The third-order valence-corrected chi connectivity index (χ3v) is 3.00. The molecule has 1 aliphatic heterocycles. The Bertz CT molecular complexity index is 179. The predicted octanol–water partition coefficient (Wildman–Crippen LogP) is 1.76. The molecule has 1 unspecified atom stereocenters. The summed E-state index contributed by atoms with van der Waals surface area (Å²) in [5, 5.41) is 3.36. The molecule has 1 fully saturated rings. The average Bonchev–Trinajstić information content (AvgIpc) is 2.52. The number of hydrogen-bond donors (Lipinski definition) is 1. The van der Waals surface area contributed by atoms with E-state index in [0.717, 1.165) is 26.1 Å². The SMILES string of the molecule is CN(CCOCC(F)F)C1CCCNCC1.Cl. The molecule has 6 heteroatoms. The molecule has 3 nitrogen and oxygen atoms in total. The quantitative estimate of drug-likeness (QED) is 0.746. The fourth-order valence-electron chi connectivity index (χ4n) is 2.01. The molecule has 1 rings (SSSR count). The fourth-order valence-corrected chi connectivity index (χ4v) is 2.01. The number of alkyl halides is 2. The van der Waals surface area contributed by atoms with E-state index in [1.54, 1.807) is 0 Å². The van der Waals surface area contributed by atoms with Crippen molar-refractivity contribution in [1.29, 1.82) is 0 Å². The number of likely N-dealkylation sites (N-methyl/N-ethyl adjacent to an activating group) is 1. The maximum absolute atomic E-state index is 11.8. The number of ether oxygens (including phenoxy) is 1. The van der Waals surface area contributed by atoms with E-state index < -0.39 is 13.0 Å². The minimum absolute atomic E-state index is 0. The molecule has 0 spiro atoms. The van der Waals surface area contributed by atoms with Crippen molar-refractivity contribution in [3.8, 4) is 0 Å². The van der Waals surface area contributed by atoms with Crippen LogP contribution in [0.5, 0.6) is 0 Å². The summed E-state index contributed by atoms with van der Waals surface area (Å²) in [6.07, 6.45) is 1.14. The Morgan fingerprint density at radius 3 is 2.82 bits per heavy atom. The van der Waals surface area contributed by atoms with Gasteiger partial charge in [0.15, 0.2) is 0 Å². The van der Waals surface area contributed by atoms with Gasteiger partial charge in [-0.1, -0.05) is 0 Å². The van der Waals surface area contributed by atoms with Crippen molar-refractivity contribution in [2.45, 2.75) is 31.7 Å². The number of nitrogens with zero attached hydrogens (tertiary/aromatic N) is 1. The van der Waals surface area contributed by atoms with Crippen LogP contribution >= 0.6 is 12.4 Å². The van der Waals surface area contributed by atoms with Gasteiger partial charge in [-0.05, 0) is 39.4 Å². The molecule has 0 aromatic carbocycles. The lowest BCUT2D eigenvalue weighted by Crippen LogP contribution is -2.35. The van der Waals surface area contributed by atoms with Crippen LogP contribution in [-0.2, 0) is 4.74 Å². The molecular weight excluding hydrogens is 250 g/mol. The largest absolute Gasteiger partial charge is 0.374 e. The highest BCUT2D eigenvalue weighted by Gasteiger charge is 2.16. The highest BCUT2D eigenvalue weighted by molar-refractivity contribution is 5.85. The van der Waals surface area contributed by atoms with Crippen LogP contribution in [0.2, 0.25) is 0 Å². The number of nitrogens with one attached hydrogen (secondary N) is 1. The summed E-state index contributed by atoms with van der Waals surface area (Å²) < 4.78 is 28.5. The summed E-state index contributed by atoms with van der Waals surface area (Å²) in [4.78, 5) is 2.22. The van der Waals surface area contributed by atoms with Crippen molar-refractivity contribution in [3.05, 3.63) is 0 Å². The first-order valence-corrected chi connectivity index (χ1v) is 5.97. The van der Waals surface area contributed by atoms with E-state index in [1.165, 1.54) is 12.8 Å². The number of halogens is 3. The molecule has 0 aromatic rings. The molecule has 1 heterocycles. The third-order valence-electron chi connectivity index (χ3n) is 3.00. The van der Waals surface area contributed by atoms with Gasteiger partial charge in [0.05, 0.1) is 6.61 Å². The van der Waals surface area contributed by atoms with Gasteiger partial charge in [0, 0.05) is 12.6 Å². The van der Waals surface area contributed by atoms with Gasteiger partial charge in [0.25, 0.3) is 6.43 Å². The van der Waals surface area contributed by atoms with Gasteiger partial charge in [0.1, 0.15) is 6.61 Å². The van der Waals surface area contributed by atoms with E-state index in [0.29, 0.717) is 12.6 Å². The number of rotatable bonds is 6. The van der Waals surface area contributed by atoms with Crippen molar-refractivity contribution in [2.75, 3.05) is 39.9 Å². The molecule has 1 atom stereocenters. The van der Waals surface area contributed by atoms with Crippen LogP contribution in [0.4, 0.5) is 8.78 Å². The van der Waals surface area contributed by atoms with Crippen LogP contribution < -0.4 is 5.32 Å². The zero-order valence-corrected chi connectivity index (χ0v) is 11.1. The van der Waals surface area contributed by atoms with Crippen LogP contribution in [0, 0.1) is 0 Å². The molecule has 104 valence electrons. The summed E-state index contributed by atoms with van der Waals surface area (Å²) in [6.45, 7) is 2.82. The lowest BCUT2D eigenvalue weighted by molar-refractivity contribution is 0.00818. The second kappa shape index (κ2) is 10.00. The Labute approximate surface area is 108 Å². The minimum atomic E-state index is -2.35. The van der Waals surface area contributed by atoms with Crippen LogP contribution in [0.15, 0.2) is 0 Å². The van der Waals surface area contributed by atoms with Gasteiger partial charge in [-0.3, -0.25) is 0 Å². The van der Waals surface area contributed by atoms with Crippen LogP contribution in [-0.4, -0.2) is 57.3 Å². The van der Waals surface area contributed by atoms with Gasteiger partial charge in [-0.15, -0.1) is 12.4 Å². The normalized spacial score (nSPS) is 21.4. The maximum atomic E-state index is 11.8. The van der Waals surface area contributed by atoms with Crippen molar-refractivity contribution >= 4 is 12.4 Å². The average molecular weight is 273 g/mol. The zero-order chi connectivity index (χ0) is 11.8. The second-order valence-electron chi connectivity index (χ2n) is 4.28. The van der Waals surface area contributed by atoms with Crippen molar-refractivity contribution < 1.29 is 13.5 Å². The summed E-state index contributed by atoms with van der Waals surface area (Å²) in [6, 6.07) is 0.560. The minimum Gasteiger partial charge on any atom is -0.374 e. The molecule has 1 saturated heterocycles. The van der Waals surface area contributed by atoms with Crippen LogP contribution in [0.25, 0.3) is 0 Å². The van der Waals surface area contributed by atoms with Crippen LogP contribution in [0.1, 0.15) is 19.3 Å². The first kappa shape index (κ1) is 17.0. The molecule has 17 heavy (non-hydrogen) atoms. The Balaban J connectivity index is 0.00000256. The van der Waals surface area contributed by atoms with Gasteiger partial charge in [0.2, 0.25) is 0 Å². The Kier molecular flexibility index (Phi) is 10.0. The van der Waals surface area contributed by atoms with Gasteiger partial charge < -0.3 is 15.0 Å². The first-order chi connectivity index (χ1) is 7.70. The van der Waals surface area contributed by atoms with Gasteiger partial charge in [-0.25, -0.2) is 8.78 Å². The smallest absolute Gasteiger partial charge is 0.261 e. The molecule has 0 radical (unpaired) electrons. The lowest BCUT2D eigenvalue weighted by Gasteiger charge is -2.26. The van der Waals surface area contributed by atoms with E-state index in [-0.39, 0.29) is 12.4 Å². The predicted molar refractivity (Wildman–Crippen MR) is 67.2 cm³/mol. The molecule has 0 aliphatic carbocycles. The Morgan fingerprint density at radius 2 is 2.12 bits per heavy atom. The maximum Gasteiger partial charge on any atom is 0.261 e. The molecule has 0 saturated carbocycles. The lowest BCUT2D eigenvalue weighted by atomic mass is 10.1. The van der Waals surface area contributed by atoms with E-state index in [1.807, 2.05) is 7.05 Å². The molecular formula is C11H23ClF2N2O. The summed E-state index contributed by atoms with van der Waals surface area (Å²) in [5.74, 6) is 0.